The third-order valence-corrected chi connectivity index (χ3v) is 6.42. The molecule has 0 aliphatic rings. The van der Waals surface area contributed by atoms with Crippen LogP contribution in [0.2, 0.25) is 0 Å². The van der Waals surface area contributed by atoms with E-state index in [9.17, 15) is 9.59 Å². The minimum atomic E-state index is -0.0269. The molecule has 0 aromatic rings. The highest BCUT2D eigenvalue weighted by Gasteiger charge is 2.13. The van der Waals surface area contributed by atoms with Crippen molar-refractivity contribution in [1.82, 2.24) is 0 Å². The Kier molecular flexibility index (Phi) is 24.7. The van der Waals surface area contributed by atoms with Gasteiger partial charge >= 0.3 is 11.9 Å². The van der Waals surface area contributed by atoms with E-state index >= 15 is 0 Å². The van der Waals surface area contributed by atoms with Crippen LogP contribution in [0.5, 0.6) is 0 Å². The van der Waals surface area contributed by atoms with Crippen LogP contribution in [0.15, 0.2) is 0 Å². The number of hydrogen-bond acceptors (Lipinski definition) is 4. The summed E-state index contributed by atoms with van der Waals surface area (Å²) in [5.41, 5.74) is 0. The van der Waals surface area contributed by atoms with Crippen molar-refractivity contribution in [2.75, 3.05) is 13.2 Å². The van der Waals surface area contributed by atoms with E-state index in [1.165, 1.54) is 89.9 Å². The summed E-state index contributed by atoms with van der Waals surface area (Å²) in [6, 6.07) is 0. The Morgan fingerprint density at radius 3 is 1.52 bits per heavy atom. The molecule has 4 nitrogen and oxygen atoms in total. The van der Waals surface area contributed by atoms with Crippen LogP contribution in [-0.2, 0) is 19.1 Å². The smallest absolute Gasteiger partial charge is 0.308 e. The SMILES string of the molecule is CCCCCCCCOC(=O)CCCCCCCCCC(C)C(=O)OCCCCCCCC. The van der Waals surface area contributed by atoms with Crippen LogP contribution < -0.4 is 0 Å². The predicted octanol–water partition coefficient (Wildman–Crippen LogP) is 8.94. The Hall–Kier alpha value is -1.06. The fourth-order valence-corrected chi connectivity index (χ4v) is 4.06. The molecule has 0 spiro atoms. The normalized spacial score (nSPS) is 12.0. The number of hydrogen-bond donors (Lipinski definition) is 0. The first-order valence-corrected chi connectivity index (χ1v) is 14.4. The topological polar surface area (TPSA) is 52.6 Å². The molecule has 33 heavy (non-hydrogen) atoms. The van der Waals surface area contributed by atoms with Crippen molar-refractivity contribution >= 4 is 11.9 Å². The van der Waals surface area contributed by atoms with Gasteiger partial charge in [-0.3, -0.25) is 9.59 Å². The van der Waals surface area contributed by atoms with Gasteiger partial charge < -0.3 is 9.47 Å². The second-order valence-electron chi connectivity index (χ2n) is 9.84. The van der Waals surface area contributed by atoms with E-state index < -0.39 is 0 Å². The first-order valence-electron chi connectivity index (χ1n) is 14.4. The van der Waals surface area contributed by atoms with Crippen LogP contribution in [0, 0.1) is 5.92 Å². The van der Waals surface area contributed by atoms with Gasteiger partial charge in [0.2, 0.25) is 0 Å². The van der Waals surface area contributed by atoms with Gasteiger partial charge in [0.1, 0.15) is 0 Å². The highest BCUT2D eigenvalue weighted by Crippen LogP contribution is 2.15. The summed E-state index contributed by atoms with van der Waals surface area (Å²) in [5, 5.41) is 0. The lowest BCUT2D eigenvalue weighted by Gasteiger charge is -2.11. The standard InChI is InChI=1S/C29H56O4/c1-4-6-8-10-17-21-25-32-28(30)24-20-16-14-12-13-15-19-23-27(3)29(31)33-26-22-18-11-9-7-5-2/h27H,4-26H2,1-3H3. The number of rotatable bonds is 25. The molecule has 0 bridgehead atoms. The molecular weight excluding hydrogens is 412 g/mol. The van der Waals surface area contributed by atoms with Gasteiger partial charge in [0, 0.05) is 6.42 Å². The molecule has 0 radical (unpaired) electrons. The summed E-state index contributed by atoms with van der Waals surface area (Å²) in [5.74, 6) is -0.0275. The summed E-state index contributed by atoms with van der Waals surface area (Å²) in [4.78, 5) is 23.8. The van der Waals surface area contributed by atoms with E-state index in [0.29, 0.717) is 19.6 Å². The highest BCUT2D eigenvalue weighted by molar-refractivity contribution is 5.71. The summed E-state index contributed by atoms with van der Waals surface area (Å²) >= 11 is 0. The highest BCUT2D eigenvalue weighted by atomic mass is 16.5. The third kappa shape index (κ3) is 23.9. The zero-order valence-corrected chi connectivity index (χ0v) is 22.5. The molecule has 0 aliphatic heterocycles. The maximum absolute atomic E-state index is 12.0. The Labute approximate surface area is 206 Å². The molecule has 196 valence electrons. The Balaban J connectivity index is 3.37. The molecule has 0 aliphatic carbocycles. The maximum Gasteiger partial charge on any atom is 0.308 e. The van der Waals surface area contributed by atoms with Crippen molar-refractivity contribution in [3.05, 3.63) is 0 Å². The summed E-state index contributed by atoms with van der Waals surface area (Å²) in [7, 11) is 0. The van der Waals surface area contributed by atoms with Gasteiger partial charge in [-0.2, -0.15) is 0 Å². The van der Waals surface area contributed by atoms with E-state index in [1.807, 2.05) is 6.92 Å². The molecule has 0 saturated heterocycles. The molecule has 4 heteroatoms. The van der Waals surface area contributed by atoms with Crippen molar-refractivity contribution in [2.24, 2.45) is 5.92 Å². The minimum Gasteiger partial charge on any atom is -0.466 e. The maximum atomic E-state index is 12.0. The van der Waals surface area contributed by atoms with Crippen molar-refractivity contribution in [3.63, 3.8) is 0 Å². The van der Waals surface area contributed by atoms with Crippen LogP contribution >= 0.6 is 0 Å². The second kappa shape index (κ2) is 25.6. The van der Waals surface area contributed by atoms with E-state index in [-0.39, 0.29) is 17.9 Å². The molecule has 0 rings (SSSR count). The fourth-order valence-electron chi connectivity index (χ4n) is 4.06. The lowest BCUT2D eigenvalue weighted by Crippen LogP contribution is -2.15. The van der Waals surface area contributed by atoms with Crippen LogP contribution in [0.25, 0.3) is 0 Å². The molecule has 0 saturated carbocycles. The zero-order valence-electron chi connectivity index (χ0n) is 22.5. The average Bonchev–Trinajstić information content (AvgIpc) is 2.81. The Morgan fingerprint density at radius 2 is 0.970 bits per heavy atom. The number of esters is 2. The minimum absolute atomic E-state index is 0.0208. The van der Waals surface area contributed by atoms with Crippen molar-refractivity contribution in [1.29, 1.82) is 0 Å². The van der Waals surface area contributed by atoms with Crippen LogP contribution in [-0.4, -0.2) is 25.2 Å². The van der Waals surface area contributed by atoms with Gasteiger partial charge in [0.15, 0.2) is 0 Å². The van der Waals surface area contributed by atoms with Crippen LogP contribution in [0.3, 0.4) is 0 Å². The molecular formula is C29H56O4. The fraction of sp³-hybridized carbons (Fsp3) is 0.931. The lowest BCUT2D eigenvalue weighted by atomic mass is 10.0. The Bertz CT molecular complexity index is 435. The summed E-state index contributed by atoms with van der Waals surface area (Å²) in [6.07, 6.45) is 24.0. The quantitative estimate of drug-likeness (QED) is 0.0991. The number of carbonyl (C=O) groups excluding carboxylic acids is 2. The monoisotopic (exact) mass is 468 g/mol. The van der Waals surface area contributed by atoms with E-state index in [2.05, 4.69) is 13.8 Å². The van der Waals surface area contributed by atoms with E-state index in [0.717, 1.165) is 38.5 Å². The lowest BCUT2D eigenvalue weighted by molar-refractivity contribution is -0.148. The number of carbonyl (C=O) groups is 2. The molecule has 0 fully saturated rings. The van der Waals surface area contributed by atoms with Gasteiger partial charge in [-0.1, -0.05) is 124 Å². The molecule has 0 aromatic carbocycles. The first-order chi connectivity index (χ1) is 16.1. The van der Waals surface area contributed by atoms with Gasteiger partial charge in [0.25, 0.3) is 0 Å². The molecule has 0 amide bonds. The van der Waals surface area contributed by atoms with Crippen molar-refractivity contribution < 1.29 is 19.1 Å². The third-order valence-electron chi connectivity index (χ3n) is 6.42. The van der Waals surface area contributed by atoms with E-state index in [1.54, 1.807) is 0 Å². The average molecular weight is 469 g/mol. The summed E-state index contributed by atoms with van der Waals surface area (Å²) in [6.45, 7) is 7.62. The van der Waals surface area contributed by atoms with E-state index in [4.69, 9.17) is 9.47 Å². The van der Waals surface area contributed by atoms with Gasteiger partial charge in [0.05, 0.1) is 19.1 Å². The van der Waals surface area contributed by atoms with Crippen molar-refractivity contribution in [3.8, 4) is 0 Å². The molecule has 0 N–H and O–H groups in total. The Morgan fingerprint density at radius 1 is 0.545 bits per heavy atom. The van der Waals surface area contributed by atoms with Crippen LogP contribution in [0.1, 0.15) is 156 Å². The number of unbranched alkanes of at least 4 members (excludes halogenated alkanes) is 16. The van der Waals surface area contributed by atoms with Gasteiger partial charge in [-0.05, 0) is 25.7 Å². The molecule has 1 atom stereocenters. The molecule has 0 aromatic heterocycles. The van der Waals surface area contributed by atoms with Crippen molar-refractivity contribution in [2.45, 2.75) is 156 Å². The predicted molar refractivity (Wildman–Crippen MR) is 139 cm³/mol. The zero-order chi connectivity index (χ0) is 24.4. The van der Waals surface area contributed by atoms with Gasteiger partial charge in [-0.15, -0.1) is 0 Å². The first kappa shape index (κ1) is 31.9. The largest absolute Gasteiger partial charge is 0.466 e. The number of ether oxygens (including phenoxy) is 2. The van der Waals surface area contributed by atoms with Crippen LogP contribution in [0.4, 0.5) is 0 Å². The summed E-state index contributed by atoms with van der Waals surface area (Å²) < 4.78 is 10.7. The van der Waals surface area contributed by atoms with Gasteiger partial charge in [-0.25, -0.2) is 0 Å². The molecule has 0 heterocycles. The second-order valence-corrected chi connectivity index (χ2v) is 9.84. The molecule has 1 unspecified atom stereocenters.